The average molecular weight is 196 g/mol. The third-order valence-electron chi connectivity index (χ3n) is 2.30. The van der Waals surface area contributed by atoms with Crippen molar-refractivity contribution < 1.29 is 4.79 Å². The second-order valence-electron chi connectivity index (χ2n) is 3.15. The minimum atomic E-state index is 0.104. The van der Waals surface area contributed by atoms with E-state index in [-0.39, 0.29) is 5.91 Å². The number of carbonyl (C=O) groups is 1. The van der Waals surface area contributed by atoms with Crippen LogP contribution in [0.4, 0.5) is 0 Å². The number of aryl methyl sites for hydroxylation is 1. The van der Waals surface area contributed by atoms with Crippen molar-refractivity contribution in [3.05, 3.63) is 34.3 Å². The van der Waals surface area contributed by atoms with E-state index in [1.54, 1.807) is 0 Å². The van der Waals surface area contributed by atoms with Gasteiger partial charge in [-0.05, 0) is 23.6 Å². The summed E-state index contributed by atoms with van der Waals surface area (Å²) < 4.78 is 0. The Labute approximate surface area is 81.9 Å². The van der Waals surface area contributed by atoms with Crippen LogP contribution in [0.3, 0.4) is 0 Å². The minimum absolute atomic E-state index is 0.104. The number of amides is 1. The Morgan fingerprint density at radius 3 is 3.00 bits per heavy atom. The second kappa shape index (κ2) is 3.38. The van der Waals surface area contributed by atoms with Gasteiger partial charge < -0.3 is 5.32 Å². The van der Waals surface area contributed by atoms with Crippen molar-refractivity contribution in [2.45, 2.75) is 19.4 Å². The normalized spacial score (nSPS) is 15.9. The maximum Gasteiger partial charge on any atom is 0.220 e. The van der Waals surface area contributed by atoms with Crippen molar-refractivity contribution in [1.82, 2.24) is 5.32 Å². The van der Waals surface area contributed by atoms with Crippen LogP contribution in [0.5, 0.6) is 0 Å². The van der Waals surface area contributed by atoms with Gasteiger partial charge in [-0.25, -0.2) is 0 Å². The van der Waals surface area contributed by atoms with Gasteiger partial charge in [0.1, 0.15) is 0 Å². The molecule has 0 atom stereocenters. The Balaban J connectivity index is 2.40. The first kappa shape index (κ1) is 8.57. The zero-order chi connectivity index (χ0) is 9.26. The van der Waals surface area contributed by atoms with Gasteiger partial charge in [-0.15, -0.1) is 0 Å². The molecule has 1 aromatic rings. The molecule has 13 heavy (non-hydrogen) atoms. The van der Waals surface area contributed by atoms with Gasteiger partial charge in [-0.3, -0.25) is 4.79 Å². The molecule has 1 aliphatic rings. The summed E-state index contributed by atoms with van der Waals surface area (Å²) >= 11 is 6.01. The molecule has 0 unspecified atom stereocenters. The largest absolute Gasteiger partial charge is 0.352 e. The predicted octanol–water partition coefficient (Wildman–Crippen LogP) is 1.90. The number of halogens is 1. The molecule has 0 radical (unpaired) electrons. The fourth-order valence-corrected chi connectivity index (χ4v) is 1.82. The van der Waals surface area contributed by atoms with Crippen LogP contribution in [0, 0.1) is 0 Å². The molecule has 2 rings (SSSR count). The number of nitrogens with one attached hydrogen (secondary N) is 1. The van der Waals surface area contributed by atoms with Crippen LogP contribution in [-0.4, -0.2) is 5.91 Å². The fourth-order valence-electron chi connectivity index (χ4n) is 1.56. The van der Waals surface area contributed by atoms with Gasteiger partial charge in [0.25, 0.3) is 0 Å². The minimum Gasteiger partial charge on any atom is -0.352 e. The van der Waals surface area contributed by atoms with Gasteiger partial charge in [0.05, 0.1) is 0 Å². The number of hydrogen-bond acceptors (Lipinski definition) is 1. The molecular weight excluding hydrogens is 186 g/mol. The zero-order valence-electron chi connectivity index (χ0n) is 7.14. The van der Waals surface area contributed by atoms with Gasteiger partial charge >= 0.3 is 0 Å². The molecule has 0 aromatic heterocycles. The molecule has 0 spiro atoms. The lowest BCUT2D eigenvalue weighted by atomic mass is 10.0. The Morgan fingerprint density at radius 1 is 1.31 bits per heavy atom. The van der Waals surface area contributed by atoms with E-state index in [2.05, 4.69) is 5.32 Å². The van der Waals surface area contributed by atoms with E-state index in [0.29, 0.717) is 13.0 Å². The summed E-state index contributed by atoms with van der Waals surface area (Å²) in [6.07, 6.45) is 1.36. The van der Waals surface area contributed by atoms with Crippen LogP contribution >= 0.6 is 11.6 Å². The molecular formula is C10H10ClNO. The number of rotatable bonds is 0. The molecule has 1 aliphatic heterocycles. The molecule has 0 bridgehead atoms. The van der Waals surface area contributed by atoms with E-state index in [9.17, 15) is 4.79 Å². The van der Waals surface area contributed by atoms with Crippen molar-refractivity contribution in [1.29, 1.82) is 0 Å². The highest BCUT2D eigenvalue weighted by Crippen LogP contribution is 2.22. The molecule has 1 heterocycles. The molecule has 68 valence electrons. The molecule has 1 N–H and O–H groups in total. The van der Waals surface area contributed by atoms with Crippen LogP contribution in [0.2, 0.25) is 5.02 Å². The van der Waals surface area contributed by atoms with E-state index >= 15 is 0 Å². The zero-order valence-corrected chi connectivity index (χ0v) is 7.90. The lowest BCUT2D eigenvalue weighted by Gasteiger charge is -2.06. The van der Waals surface area contributed by atoms with Gasteiger partial charge in [-0.1, -0.05) is 23.7 Å². The van der Waals surface area contributed by atoms with E-state index in [1.165, 1.54) is 5.56 Å². The Kier molecular flexibility index (Phi) is 2.23. The first-order valence-corrected chi connectivity index (χ1v) is 4.68. The van der Waals surface area contributed by atoms with E-state index in [4.69, 9.17) is 11.6 Å². The first-order valence-electron chi connectivity index (χ1n) is 4.30. The predicted molar refractivity (Wildman–Crippen MR) is 51.6 cm³/mol. The average Bonchev–Trinajstić information content (AvgIpc) is 2.30. The number of benzene rings is 1. The standard InChI is InChI=1S/C10H10ClNO/c11-9-3-1-2-7-4-5-10(13)12-6-8(7)9/h1-3H,4-6H2,(H,12,13). The Bertz CT molecular complexity index is 349. The summed E-state index contributed by atoms with van der Waals surface area (Å²) in [5.41, 5.74) is 2.25. The maximum atomic E-state index is 11.1. The van der Waals surface area contributed by atoms with Crippen molar-refractivity contribution in [2.24, 2.45) is 0 Å². The highest BCUT2D eigenvalue weighted by Gasteiger charge is 2.13. The van der Waals surface area contributed by atoms with E-state index < -0.39 is 0 Å². The smallest absolute Gasteiger partial charge is 0.220 e. The topological polar surface area (TPSA) is 29.1 Å². The second-order valence-corrected chi connectivity index (χ2v) is 3.56. The van der Waals surface area contributed by atoms with Crippen molar-refractivity contribution in [3.63, 3.8) is 0 Å². The van der Waals surface area contributed by atoms with Gasteiger partial charge in [0.15, 0.2) is 0 Å². The van der Waals surface area contributed by atoms with Gasteiger partial charge in [-0.2, -0.15) is 0 Å². The third kappa shape index (κ3) is 1.68. The summed E-state index contributed by atoms with van der Waals surface area (Å²) in [6.45, 7) is 0.563. The van der Waals surface area contributed by atoms with Crippen molar-refractivity contribution >= 4 is 17.5 Å². The van der Waals surface area contributed by atoms with Crippen LogP contribution in [-0.2, 0) is 17.8 Å². The molecule has 0 fully saturated rings. The first-order chi connectivity index (χ1) is 6.27. The van der Waals surface area contributed by atoms with Crippen LogP contribution in [0.25, 0.3) is 0 Å². The van der Waals surface area contributed by atoms with Crippen LogP contribution < -0.4 is 5.32 Å². The molecule has 1 amide bonds. The lowest BCUT2D eigenvalue weighted by molar-refractivity contribution is -0.121. The quantitative estimate of drug-likeness (QED) is 0.673. The summed E-state index contributed by atoms with van der Waals surface area (Å²) in [5, 5.41) is 3.57. The van der Waals surface area contributed by atoms with E-state index in [0.717, 1.165) is 17.0 Å². The molecule has 2 nitrogen and oxygen atoms in total. The van der Waals surface area contributed by atoms with Gasteiger partial charge in [0, 0.05) is 18.0 Å². The van der Waals surface area contributed by atoms with E-state index in [1.807, 2.05) is 18.2 Å². The molecule has 1 aromatic carbocycles. The highest BCUT2D eigenvalue weighted by molar-refractivity contribution is 6.31. The summed E-state index contributed by atoms with van der Waals surface area (Å²) in [4.78, 5) is 11.1. The van der Waals surface area contributed by atoms with Gasteiger partial charge in [0.2, 0.25) is 5.91 Å². The SMILES string of the molecule is O=C1CCc2cccc(Cl)c2CN1. The number of fused-ring (bicyclic) bond motifs is 1. The van der Waals surface area contributed by atoms with Crippen LogP contribution in [0.1, 0.15) is 17.5 Å². The summed E-state index contributed by atoms with van der Waals surface area (Å²) in [6, 6.07) is 5.82. The molecule has 0 saturated carbocycles. The van der Waals surface area contributed by atoms with Crippen LogP contribution in [0.15, 0.2) is 18.2 Å². The molecule has 0 saturated heterocycles. The summed E-state index contributed by atoms with van der Waals surface area (Å²) in [7, 11) is 0. The lowest BCUT2D eigenvalue weighted by Crippen LogP contribution is -2.20. The van der Waals surface area contributed by atoms with Crippen molar-refractivity contribution in [2.75, 3.05) is 0 Å². The third-order valence-corrected chi connectivity index (χ3v) is 2.65. The Morgan fingerprint density at radius 2 is 2.15 bits per heavy atom. The molecule has 0 aliphatic carbocycles. The Hall–Kier alpha value is -1.02. The summed E-state index contributed by atoms with van der Waals surface area (Å²) in [5.74, 6) is 0.104. The highest BCUT2D eigenvalue weighted by atomic mass is 35.5. The monoisotopic (exact) mass is 195 g/mol. The number of carbonyl (C=O) groups excluding carboxylic acids is 1. The molecule has 3 heteroatoms. The fraction of sp³-hybridized carbons (Fsp3) is 0.300. The van der Waals surface area contributed by atoms with Crippen molar-refractivity contribution in [3.8, 4) is 0 Å². The maximum absolute atomic E-state index is 11.1. The number of hydrogen-bond donors (Lipinski definition) is 1.